The van der Waals surface area contributed by atoms with Crippen LogP contribution < -0.4 is 5.32 Å². The molecular formula is C17H23N3O2S. The SMILES string of the molecule is C[C@@H](CNC(=O)CN1CCC[C@@H](O)C1)c1nc2ccccc2s1. The molecule has 0 unspecified atom stereocenters. The number of rotatable bonds is 5. The van der Waals surface area contributed by atoms with Gasteiger partial charge in [0.15, 0.2) is 0 Å². The molecule has 1 amide bonds. The van der Waals surface area contributed by atoms with Gasteiger partial charge in [0, 0.05) is 19.0 Å². The van der Waals surface area contributed by atoms with E-state index in [0.717, 1.165) is 29.9 Å². The van der Waals surface area contributed by atoms with Crippen molar-refractivity contribution in [1.82, 2.24) is 15.2 Å². The number of thiazole rings is 1. The van der Waals surface area contributed by atoms with Crippen molar-refractivity contribution in [2.45, 2.75) is 31.8 Å². The first-order valence-corrected chi connectivity index (χ1v) is 8.96. The highest BCUT2D eigenvalue weighted by molar-refractivity contribution is 7.18. The molecular weight excluding hydrogens is 310 g/mol. The summed E-state index contributed by atoms with van der Waals surface area (Å²) in [6, 6.07) is 8.10. The molecule has 1 aliphatic heterocycles. The number of aliphatic hydroxyl groups excluding tert-OH is 1. The molecule has 1 fully saturated rings. The fourth-order valence-electron chi connectivity index (χ4n) is 2.89. The lowest BCUT2D eigenvalue weighted by Gasteiger charge is -2.29. The lowest BCUT2D eigenvalue weighted by atomic mass is 10.1. The maximum absolute atomic E-state index is 12.1. The second-order valence-corrected chi connectivity index (χ2v) is 7.32. The fraction of sp³-hybridized carbons (Fsp3) is 0.529. The third-order valence-corrected chi connectivity index (χ3v) is 5.45. The standard InChI is InChI=1S/C17H23N3O2S/c1-12(17-19-14-6-2-3-7-15(14)23-17)9-18-16(22)11-20-8-4-5-13(21)10-20/h2-3,6-7,12-13,21H,4-5,8-11H2,1H3,(H,18,22)/t12-,13+/m0/s1. The normalized spacial score (nSPS) is 20.5. The van der Waals surface area contributed by atoms with E-state index in [1.165, 1.54) is 4.70 Å². The third-order valence-electron chi connectivity index (χ3n) is 4.19. The smallest absolute Gasteiger partial charge is 0.234 e. The third kappa shape index (κ3) is 4.28. The first-order valence-electron chi connectivity index (χ1n) is 8.14. The first-order chi connectivity index (χ1) is 11.1. The van der Waals surface area contributed by atoms with Gasteiger partial charge in [0.05, 0.1) is 27.9 Å². The molecule has 6 heteroatoms. The van der Waals surface area contributed by atoms with Gasteiger partial charge in [0.25, 0.3) is 0 Å². The van der Waals surface area contributed by atoms with Gasteiger partial charge in [-0.15, -0.1) is 11.3 Å². The largest absolute Gasteiger partial charge is 0.392 e. The second-order valence-electron chi connectivity index (χ2n) is 6.26. The molecule has 1 aliphatic rings. The Morgan fingerprint density at radius 2 is 2.35 bits per heavy atom. The predicted molar refractivity (Wildman–Crippen MR) is 92.7 cm³/mol. The Bertz CT molecular complexity index is 640. The summed E-state index contributed by atoms with van der Waals surface area (Å²) in [6.07, 6.45) is 1.50. The molecule has 2 N–H and O–H groups in total. The number of para-hydroxylation sites is 1. The molecule has 23 heavy (non-hydrogen) atoms. The van der Waals surface area contributed by atoms with Crippen LogP contribution in [0.2, 0.25) is 0 Å². The van der Waals surface area contributed by atoms with E-state index >= 15 is 0 Å². The number of fused-ring (bicyclic) bond motifs is 1. The van der Waals surface area contributed by atoms with Crippen molar-refractivity contribution in [3.05, 3.63) is 29.3 Å². The van der Waals surface area contributed by atoms with Crippen LogP contribution in [-0.4, -0.2) is 53.2 Å². The second kappa shape index (κ2) is 7.38. The van der Waals surface area contributed by atoms with E-state index in [4.69, 9.17) is 0 Å². The highest BCUT2D eigenvalue weighted by Crippen LogP contribution is 2.26. The highest BCUT2D eigenvalue weighted by Gasteiger charge is 2.20. The summed E-state index contributed by atoms with van der Waals surface area (Å²) in [5.41, 5.74) is 1.02. The Morgan fingerprint density at radius 1 is 1.52 bits per heavy atom. The van der Waals surface area contributed by atoms with Gasteiger partial charge in [0.2, 0.25) is 5.91 Å². The number of carbonyl (C=O) groups is 1. The number of nitrogens with zero attached hydrogens (tertiary/aromatic N) is 2. The Labute approximate surface area is 140 Å². The Balaban J connectivity index is 1.50. The average molecular weight is 333 g/mol. The summed E-state index contributed by atoms with van der Waals surface area (Å²) in [5, 5.41) is 13.7. The maximum atomic E-state index is 12.1. The van der Waals surface area contributed by atoms with Crippen molar-refractivity contribution >= 4 is 27.5 Å². The average Bonchev–Trinajstić information content (AvgIpc) is 2.97. The molecule has 1 aromatic heterocycles. The molecule has 2 aromatic rings. The van der Waals surface area contributed by atoms with E-state index in [0.29, 0.717) is 19.6 Å². The van der Waals surface area contributed by atoms with Gasteiger partial charge < -0.3 is 10.4 Å². The van der Waals surface area contributed by atoms with Crippen molar-refractivity contribution < 1.29 is 9.90 Å². The number of hydrogen-bond acceptors (Lipinski definition) is 5. The van der Waals surface area contributed by atoms with Crippen LogP contribution in [0.4, 0.5) is 0 Å². The van der Waals surface area contributed by atoms with Crippen molar-refractivity contribution in [2.24, 2.45) is 0 Å². The fourth-order valence-corrected chi connectivity index (χ4v) is 3.91. The van der Waals surface area contributed by atoms with E-state index in [1.807, 2.05) is 23.1 Å². The zero-order chi connectivity index (χ0) is 16.2. The van der Waals surface area contributed by atoms with E-state index in [9.17, 15) is 9.90 Å². The van der Waals surface area contributed by atoms with Crippen LogP contribution >= 0.6 is 11.3 Å². The van der Waals surface area contributed by atoms with Crippen LogP contribution in [0.3, 0.4) is 0 Å². The molecule has 0 spiro atoms. The number of nitrogens with one attached hydrogen (secondary N) is 1. The first kappa shape index (κ1) is 16.4. The lowest BCUT2D eigenvalue weighted by Crippen LogP contribution is -2.44. The van der Waals surface area contributed by atoms with Crippen LogP contribution in [0.25, 0.3) is 10.2 Å². The lowest BCUT2D eigenvalue weighted by molar-refractivity contribution is -0.122. The van der Waals surface area contributed by atoms with Crippen molar-refractivity contribution in [3.8, 4) is 0 Å². The van der Waals surface area contributed by atoms with Gasteiger partial charge in [-0.3, -0.25) is 9.69 Å². The monoisotopic (exact) mass is 333 g/mol. The number of carbonyl (C=O) groups excluding carboxylic acids is 1. The van der Waals surface area contributed by atoms with Crippen LogP contribution in [0.1, 0.15) is 30.7 Å². The van der Waals surface area contributed by atoms with Gasteiger partial charge in [-0.2, -0.15) is 0 Å². The van der Waals surface area contributed by atoms with Gasteiger partial charge >= 0.3 is 0 Å². The van der Waals surface area contributed by atoms with Gasteiger partial charge in [-0.25, -0.2) is 4.98 Å². The number of hydrogen-bond donors (Lipinski definition) is 2. The van der Waals surface area contributed by atoms with Crippen molar-refractivity contribution in [1.29, 1.82) is 0 Å². The van der Waals surface area contributed by atoms with Crippen LogP contribution in [0, 0.1) is 0 Å². The minimum atomic E-state index is -0.293. The quantitative estimate of drug-likeness (QED) is 0.878. The molecule has 2 heterocycles. The highest BCUT2D eigenvalue weighted by atomic mass is 32.1. The molecule has 0 saturated carbocycles. The topological polar surface area (TPSA) is 65.5 Å². The molecule has 0 bridgehead atoms. The van der Waals surface area contributed by atoms with E-state index < -0.39 is 0 Å². The number of amides is 1. The number of aliphatic hydroxyl groups is 1. The summed E-state index contributed by atoms with van der Waals surface area (Å²) in [5.74, 6) is 0.218. The molecule has 124 valence electrons. The van der Waals surface area contributed by atoms with Gasteiger partial charge in [-0.1, -0.05) is 19.1 Å². The zero-order valence-corrected chi connectivity index (χ0v) is 14.2. The van der Waals surface area contributed by atoms with Gasteiger partial charge in [-0.05, 0) is 31.5 Å². The van der Waals surface area contributed by atoms with E-state index in [1.54, 1.807) is 11.3 Å². The minimum absolute atomic E-state index is 0.0204. The maximum Gasteiger partial charge on any atom is 0.234 e. The molecule has 0 radical (unpaired) electrons. The van der Waals surface area contributed by atoms with Crippen molar-refractivity contribution in [3.63, 3.8) is 0 Å². The summed E-state index contributed by atoms with van der Waals surface area (Å²) in [6.45, 7) is 4.53. The predicted octanol–water partition coefficient (Wildman–Crippen LogP) is 1.97. The number of piperidine rings is 1. The molecule has 2 atom stereocenters. The van der Waals surface area contributed by atoms with Crippen LogP contribution in [-0.2, 0) is 4.79 Å². The number of β-amino-alcohol motifs (C(OH)–C–C–N with tert-alkyl or cyclic N) is 1. The summed E-state index contributed by atoms with van der Waals surface area (Å²) in [4.78, 5) is 18.7. The summed E-state index contributed by atoms with van der Waals surface area (Å²) in [7, 11) is 0. The van der Waals surface area contributed by atoms with E-state index in [2.05, 4.69) is 23.3 Å². The molecule has 5 nitrogen and oxygen atoms in total. The Kier molecular flexibility index (Phi) is 5.25. The van der Waals surface area contributed by atoms with E-state index in [-0.39, 0.29) is 17.9 Å². The number of likely N-dealkylation sites (tertiary alicyclic amines) is 1. The molecule has 3 rings (SSSR count). The molecule has 1 aromatic carbocycles. The number of aromatic nitrogens is 1. The number of benzene rings is 1. The Morgan fingerprint density at radius 3 is 3.13 bits per heavy atom. The molecule has 0 aliphatic carbocycles. The van der Waals surface area contributed by atoms with Gasteiger partial charge in [0.1, 0.15) is 0 Å². The van der Waals surface area contributed by atoms with Crippen molar-refractivity contribution in [2.75, 3.05) is 26.2 Å². The van der Waals surface area contributed by atoms with Crippen LogP contribution in [0.5, 0.6) is 0 Å². The minimum Gasteiger partial charge on any atom is -0.392 e. The molecule has 1 saturated heterocycles. The Hall–Kier alpha value is -1.50. The van der Waals surface area contributed by atoms with Crippen LogP contribution in [0.15, 0.2) is 24.3 Å². The summed E-state index contributed by atoms with van der Waals surface area (Å²) >= 11 is 1.69. The summed E-state index contributed by atoms with van der Waals surface area (Å²) < 4.78 is 1.18. The zero-order valence-electron chi connectivity index (χ0n) is 13.4.